The number of ether oxygens (including phenoxy) is 1. The lowest BCUT2D eigenvalue weighted by molar-refractivity contribution is -0.121. The van der Waals surface area contributed by atoms with Crippen LogP contribution in [-0.2, 0) is 24.3 Å². The van der Waals surface area contributed by atoms with Gasteiger partial charge in [-0.25, -0.2) is 9.37 Å². The molecule has 4 aromatic rings. The van der Waals surface area contributed by atoms with Gasteiger partial charge in [-0.2, -0.15) is 0 Å². The zero-order valence-electron chi connectivity index (χ0n) is 18.3. The molecule has 168 valence electrons. The van der Waals surface area contributed by atoms with Crippen LogP contribution in [0.15, 0.2) is 77.6 Å². The molecule has 1 heterocycles. The van der Waals surface area contributed by atoms with E-state index in [-0.39, 0.29) is 30.1 Å². The predicted molar refractivity (Wildman–Crippen MR) is 125 cm³/mol. The molecule has 0 aliphatic heterocycles. The highest BCUT2D eigenvalue weighted by molar-refractivity contribution is 5.77. The summed E-state index contributed by atoms with van der Waals surface area (Å²) in [5.74, 6) is 0.265. The Morgan fingerprint density at radius 1 is 1.00 bits per heavy atom. The number of carbonyl (C=O) groups is 1. The lowest BCUT2D eigenvalue weighted by atomic mass is 10.1. The number of nitrogens with zero attached hydrogens (tertiary/aromatic N) is 2. The van der Waals surface area contributed by atoms with E-state index in [4.69, 9.17) is 4.74 Å². The number of para-hydroxylation sites is 2. The van der Waals surface area contributed by atoms with Gasteiger partial charge in [-0.3, -0.25) is 9.59 Å². The van der Waals surface area contributed by atoms with E-state index in [0.29, 0.717) is 29.8 Å². The minimum Gasteiger partial charge on any atom is -0.497 e. The van der Waals surface area contributed by atoms with Crippen molar-refractivity contribution in [2.75, 3.05) is 7.11 Å². The van der Waals surface area contributed by atoms with Crippen LogP contribution in [0.4, 0.5) is 4.39 Å². The third-order valence-corrected chi connectivity index (χ3v) is 5.41. The average Bonchev–Trinajstić information content (AvgIpc) is 2.85. The van der Waals surface area contributed by atoms with E-state index in [1.165, 1.54) is 12.1 Å². The van der Waals surface area contributed by atoms with E-state index >= 15 is 0 Å². The minimum absolute atomic E-state index is 0.146. The highest BCUT2D eigenvalue weighted by Gasteiger charge is 2.13. The topological polar surface area (TPSA) is 73.2 Å². The fraction of sp³-hybridized carbons (Fsp3) is 0.192. The fourth-order valence-electron chi connectivity index (χ4n) is 3.60. The maximum absolute atomic E-state index is 13.3. The monoisotopic (exact) mass is 445 g/mol. The van der Waals surface area contributed by atoms with E-state index < -0.39 is 0 Å². The SMILES string of the molecule is COc1ccc(CNC(=O)CCc2nc3ccccc3n(Cc3ccc(F)cc3)c2=O)cc1. The predicted octanol–water partition coefficient (Wildman–Crippen LogP) is 3.84. The molecule has 33 heavy (non-hydrogen) atoms. The summed E-state index contributed by atoms with van der Waals surface area (Å²) in [4.78, 5) is 30.1. The van der Waals surface area contributed by atoms with Crippen LogP contribution in [0.2, 0.25) is 0 Å². The Hall–Kier alpha value is -4.00. The molecule has 1 amide bonds. The molecule has 3 aromatic carbocycles. The standard InChI is InChI=1S/C26H24FN3O3/c1-33-21-12-8-18(9-13-21)16-28-25(31)15-14-23-26(32)30(17-19-6-10-20(27)11-7-19)24-5-3-2-4-22(24)29-23/h2-13H,14-17H2,1H3,(H,28,31). The second kappa shape index (κ2) is 10.1. The number of rotatable bonds is 8. The van der Waals surface area contributed by atoms with Gasteiger partial charge in [0, 0.05) is 19.4 Å². The number of hydrogen-bond acceptors (Lipinski definition) is 4. The fourth-order valence-corrected chi connectivity index (χ4v) is 3.60. The van der Waals surface area contributed by atoms with Crippen LogP contribution < -0.4 is 15.6 Å². The van der Waals surface area contributed by atoms with Gasteiger partial charge in [0.2, 0.25) is 5.91 Å². The number of aryl methyl sites for hydroxylation is 1. The normalized spacial score (nSPS) is 10.8. The molecular weight excluding hydrogens is 421 g/mol. The van der Waals surface area contributed by atoms with Gasteiger partial charge in [0.15, 0.2) is 0 Å². The average molecular weight is 445 g/mol. The van der Waals surface area contributed by atoms with E-state index in [1.807, 2.05) is 48.5 Å². The van der Waals surface area contributed by atoms with Gasteiger partial charge in [0.25, 0.3) is 5.56 Å². The van der Waals surface area contributed by atoms with E-state index in [2.05, 4.69) is 10.3 Å². The Bertz CT molecular complexity index is 1320. The van der Waals surface area contributed by atoms with Crippen molar-refractivity contribution in [1.29, 1.82) is 0 Å². The van der Waals surface area contributed by atoms with Crippen LogP contribution in [0, 0.1) is 5.82 Å². The van der Waals surface area contributed by atoms with Crippen LogP contribution in [0.25, 0.3) is 11.0 Å². The minimum atomic E-state index is -0.327. The summed E-state index contributed by atoms with van der Waals surface area (Å²) in [6, 6.07) is 20.9. The summed E-state index contributed by atoms with van der Waals surface area (Å²) in [5.41, 5.74) is 3.21. The second-order valence-electron chi connectivity index (χ2n) is 7.69. The molecule has 0 fully saturated rings. The van der Waals surface area contributed by atoms with Gasteiger partial charge in [-0.1, -0.05) is 36.4 Å². The summed E-state index contributed by atoms with van der Waals surface area (Å²) in [6.07, 6.45) is 0.370. The highest BCUT2D eigenvalue weighted by Crippen LogP contribution is 2.14. The van der Waals surface area contributed by atoms with Crippen LogP contribution in [-0.4, -0.2) is 22.6 Å². The largest absolute Gasteiger partial charge is 0.497 e. The van der Waals surface area contributed by atoms with E-state index in [1.54, 1.807) is 23.8 Å². The third-order valence-electron chi connectivity index (χ3n) is 5.41. The summed E-state index contributed by atoms with van der Waals surface area (Å²) in [5, 5.41) is 2.87. The number of methoxy groups -OCH3 is 1. The van der Waals surface area contributed by atoms with Crippen molar-refractivity contribution in [2.45, 2.75) is 25.9 Å². The van der Waals surface area contributed by atoms with Gasteiger partial charge in [0.1, 0.15) is 17.3 Å². The van der Waals surface area contributed by atoms with Crippen molar-refractivity contribution < 1.29 is 13.9 Å². The molecule has 0 aliphatic carbocycles. The number of benzene rings is 3. The Balaban J connectivity index is 1.49. The Kier molecular flexibility index (Phi) is 6.78. The smallest absolute Gasteiger partial charge is 0.273 e. The molecule has 0 saturated heterocycles. The van der Waals surface area contributed by atoms with Crippen LogP contribution in [0.3, 0.4) is 0 Å². The van der Waals surface area contributed by atoms with Crippen molar-refractivity contribution in [3.8, 4) is 5.75 Å². The van der Waals surface area contributed by atoms with Crippen molar-refractivity contribution in [3.05, 3.63) is 106 Å². The molecule has 0 unspecified atom stereocenters. The van der Waals surface area contributed by atoms with Gasteiger partial charge >= 0.3 is 0 Å². The molecule has 0 bridgehead atoms. The first-order valence-corrected chi connectivity index (χ1v) is 10.7. The summed E-state index contributed by atoms with van der Waals surface area (Å²) in [6.45, 7) is 0.682. The molecule has 1 N–H and O–H groups in total. The zero-order chi connectivity index (χ0) is 23.2. The third kappa shape index (κ3) is 5.44. The van der Waals surface area contributed by atoms with Crippen LogP contribution in [0.5, 0.6) is 5.75 Å². The molecule has 1 aromatic heterocycles. The number of fused-ring (bicyclic) bond motifs is 1. The highest BCUT2D eigenvalue weighted by atomic mass is 19.1. The van der Waals surface area contributed by atoms with Crippen molar-refractivity contribution >= 4 is 16.9 Å². The van der Waals surface area contributed by atoms with Crippen molar-refractivity contribution in [2.24, 2.45) is 0 Å². The van der Waals surface area contributed by atoms with Crippen molar-refractivity contribution in [3.63, 3.8) is 0 Å². The number of amides is 1. The summed E-state index contributed by atoms with van der Waals surface area (Å²) in [7, 11) is 1.60. The van der Waals surface area contributed by atoms with Gasteiger partial charge in [0.05, 0.1) is 24.7 Å². The molecule has 0 spiro atoms. The number of halogens is 1. The number of nitrogens with one attached hydrogen (secondary N) is 1. The first kappa shape index (κ1) is 22.2. The Morgan fingerprint density at radius 2 is 1.70 bits per heavy atom. The maximum atomic E-state index is 13.3. The molecule has 0 radical (unpaired) electrons. The Labute approximate surface area is 190 Å². The van der Waals surface area contributed by atoms with Crippen LogP contribution >= 0.6 is 0 Å². The second-order valence-corrected chi connectivity index (χ2v) is 7.69. The molecule has 4 rings (SSSR count). The number of aromatic nitrogens is 2. The lowest BCUT2D eigenvalue weighted by Gasteiger charge is -2.13. The zero-order valence-corrected chi connectivity index (χ0v) is 18.3. The quantitative estimate of drug-likeness (QED) is 0.447. The lowest BCUT2D eigenvalue weighted by Crippen LogP contribution is -2.28. The number of carbonyl (C=O) groups excluding carboxylic acids is 1. The molecule has 0 atom stereocenters. The Morgan fingerprint density at radius 3 is 2.42 bits per heavy atom. The first-order chi connectivity index (χ1) is 16.0. The van der Waals surface area contributed by atoms with E-state index in [0.717, 1.165) is 16.9 Å². The van der Waals surface area contributed by atoms with E-state index in [9.17, 15) is 14.0 Å². The van der Waals surface area contributed by atoms with Gasteiger partial charge in [-0.15, -0.1) is 0 Å². The van der Waals surface area contributed by atoms with Gasteiger partial charge in [-0.05, 0) is 47.5 Å². The maximum Gasteiger partial charge on any atom is 0.273 e. The van der Waals surface area contributed by atoms with Gasteiger partial charge < -0.3 is 14.6 Å². The summed E-state index contributed by atoms with van der Waals surface area (Å²) < 4.78 is 20.0. The summed E-state index contributed by atoms with van der Waals surface area (Å²) >= 11 is 0. The molecule has 0 saturated carbocycles. The molecule has 7 heteroatoms. The van der Waals surface area contributed by atoms with Crippen molar-refractivity contribution in [1.82, 2.24) is 14.9 Å². The molecule has 0 aliphatic rings. The molecule has 6 nitrogen and oxygen atoms in total. The van der Waals surface area contributed by atoms with Crippen LogP contribution in [0.1, 0.15) is 23.2 Å². The first-order valence-electron chi connectivity index (χ1n) is 10.7. The number of hydrogen-bond donors (Lipinski definition) is 1. The molecular formula is C26H24FN3O3.